The third-order valence-corrected chi connectivity index (χ3v) is 4.62. The van der Waals surface area contributed by atoms with Crippen molar-refractivity contribution in [2.24, 2.45) is 11.8 Å². The number of carbonyl (C=O) groups is 3. The minimum absolute atomic E-state index is 0.129. The number of nitrogens with zero attached hydrogens (tertiary/aromatic N) is 2. The lowest BCUT2D eigenvalue weighted by Crippen LogP contribution is -2.53. The topological polar surface area (TPSA) is 87.2 Å². The molecule has 3 aliphatic heterocycles. The molecule has 20 heavy (non-hydrogen) atoms. The van der Waals surface area contributed by atoms with Crippen LogP contribution >= 0.6 is 0 Å². The summed E-state index contributed by atoms with van der Waals surface area (Å²) in [5, 5.41) is 9.33. The third kappa shape index (κ3) is 2.06. The van der Waals surface area contributed by atoms with Gasteiger partial charge in [-0.25, -0.2) is 0 Å². The van der Waals surface area contributed by atoms with Crippen molar-refractivity contribution >= 4 is 18.3 Å². The molecule has 2 amide bonds. The minimum atomic E-state index is -0.943. The van der Waals surface area contributed by atoms with Crippen molar-refractivity contribution in [3.8, 4) is 0 Å². The Bertz CT molecular complexity index is 432. The van der Waals surface area contributed by atoms with Gasteiger partial charge >= 0.3 is 5.97 Å². The molecule has 7 nitrogen and oxygen atoms in total. The molecule has 3 saturated heterocycles. The highest BCUT2D eigenvalue weighted by molar-refractivity contribution is 5.86. The van der Waals surface area contributed by atoms with Crippen LogP contribution in [0.3, 0.4) is 0 Å². The molecule has 0 spiro atoms. The summed E-state index contributed by atoms with van der Waals surface area (Å²) in [5.41, 5.74) is 0. The molecular weight excluding hydrogens is 264 g/mol. The fraction of sp³-hybridized carbons (Fsp3) is 0.769. The zero-order valence-corrected chi connectivity index (χ0v) is 11.1. The fourth-order valence-corrected chi connectivity index (χ4v) is 3.56. The first-order valence-electron chi connectivity index (χ1n) is 6.98. The smallest absolute Gasteiger partial charge is 0.310 e. The van der Waals surface area contributed by atoms with Crippen molar-refractivity contribution in [2.45, 2.75) is 25.0 Å². The van der Waals surface area contributed by atoms with Gasteiger partial charge in [0.1, 0.15) is 0 Å². The van der Waals surface area contributed by atoms with Crippen molar-refractivity contribution < 1.29 is 24.2 Å². The van der Waals surface area contributed by atoms with E-state index in [2.05, 4.69) is 0 Å². The second kappa shape index (κ2) is 5.05. The van der Waals surface area contributed by atoms with E-state index in [0.717, 1.165) is 19.3 Å². The molecule has 3 fully saturated rings. The SMILES string of the molecule is O=CN1CCN(C(=O)[C@@H]2[C@H](C(=O)O)[C@H]3CC[C@@H]2O3)CC1. The van der Waals surface area contributed by atoms with Crippen LogP contribution in [0.25, 0.3) is 0 Å². The molecular formula is C13H18N2O5. The van der Waals surface area contributed by atoms with Gasteiger partial charge in [-0.3, -0.25) is 14.4 Å². The van der Waals surface area contributed by atoms with Gasteiger partial charge in [0.25, 0.3) is 0 Å². The van der Waals surface area contributed by atoms with Gasteiger partial charge in [-0.2, -0.15) is 0 Å². The normalized spacial score (nSPS) is 36.2. The number of rotatable bonds is 3. The van der Waals surface area contributed by atoms with Crippen LogP contribution in [0.5, 0.6) is 0 Å². The Morgan fingerprint density at radius 1 is 1.05 bits per heavy atom. The summed E-state index contributed by atoms with van der Waals surface area (Å²) < 4.78 is 5.62. The molecule has 0 unspecified atom stereocenters. The molecule has 2 bridgehead atoms. The Morgan fingerprint density at radius 2 is 1.65 bits per heavy atom. The first kappa shape index (κ1) is 13.4. The van der Waals surface area contributed by atoms with E-state index in [0.29, 0.717) is 26.2 Å². The highest BCUT2D eigenvalue weighted by Gasteiger charge is 2.56. The summed E-state index contributed by atoms with van der Waals surface area (Å²) in [6, 6.07) is 0. The Labute approximate surface area is 116 Å². The number of carboxylic acids is 1. The summed E-state index contributed by atoms with van der Waals surface area (Å²) in [5.74, 6) is -2.35. The van der Waals surface area contributed by atoms with Crippen LogP contribution < -0.4 is 0 Å². The molecule has 4 atom stereocenters. The number of carbonyl (C=O) groups excluding carboxylic acids is 2. The second-order valence-corrected chi connectivity index (χ2v) is 5.65. The Balaban J connectivity index is 1.70. The summed E-state index contributed by atoms with van der Waals surface area (Å²) in [6.07, 6.45) is 1.70. The Morgan fingerprint density at radius 3 is 2.20 bits per heavy atom. The maximum Gasteiger partial charge on any atom is 0.310 e. The summed E-state index contributed by atoms with van der Waals surface area (Å²) in [7, 11) is 0. The number of aliphatic carboxylic acids is 1. The van der Waals surface area contributed by atoms with E-state index in [9.17, 15) is 19.5 Å². The summed E-state index contributed by atoms with van der Waals surface area (Å²) in [4.78, 5) is 37.9. The third-order valence-electron chi connectivity index (χ3n) is 4.62. The van der Waals surface area contributed by atoms with Crippen LogP contribution in [0.1, 0.15) is 12.8 Å². The average Bonchev–Trinajstić information content (AvgIpc) is 3.07. The molecule has 3 aliphatic rings. The monoisotopic (exact) mass is 282 g/mol. The van der Waals surface area contributed by atoms with Gasteiger partial charge < -0.3 is 19.6 Å². The average molecular weight is 282 g/mol. The lowest BCUT2D eigenvalue weighted by molar-refractivity contribution is -0.151. The van der Waals surface area contributed by atoms with Crippen LogP contribution in [-0.2, 0) is 19.1 Å². The molecule has 110 valence electrons. The number of piperazine rings is 1. The van der Waals surface area contributed by atoms with E-state index in [1.165, 1.54) is 0 Å². The number of amides is 2. The zero-order chi connectivity index (χ0) is 14.3. The summed E-state index contributed by atoms with van der Waals surface area (Å²) in [6.45, 7) is 1.96. The highest BCUT2D eigenvalue weighted by Crippen LogP contribution is 2.44. The number of hydrogen-bond acceptors (Lipinski definition) is 4. The molecule has 7 heteroatoms. The molecule has 0 radical (unpaired) electrons. The van der Waals surface area contributed by atoms with E-state index in [1.54, 1.807) is 9.80 Å². The van der Waals surface area contributed by atoms with Gasteiger partial charge in [0.2, 0.25) is 12.3 Å². The first-order chi connectivity index (χ1) is 9.61. The van der Waals surface area contributed by atoms with Crippen molar-refractivity contribution in [2.75, 3.05) is 26.2 Å². The van der Waals surface area contributed by atoms with Crippen LogP contribution in [0.4, 0.5) is 0 Å². The molecule has 0 aliphatic carbocycles. The van der Waals surface area contributed by atoms with E-state index >= 15 is 0 Å². The highest BCUT2D eigenvalue weighted by atomic mass is 16.5. The number of fused-ring (bicyclic) bond motifs is 2. The van der Waals surface area contributed by atoms with Gasteiger partial charge in [0, 0.05) is 26.2 Å². The molecule has 3 rings (SSSR count). The zero-order valence-electron chi connectivity index (χ0n) is 11.1. The maximum absolute atomic E-state index is 12.6. The first-order valence-corrected chi connectivity index (χ1v) is 6.98. The second-order valence-electron chi connectivity index (χ2n) is 5.65. The molecule has 0 aromatic carbocycles. The van der Waals surface area contributed by atoms with Gasteiger partial charge in [-0.05, 0) is 12.8 Å². The van der Waals surface area contributed by atoms with E-state index in [-0.39, 0.29) is 18.1 Å². The molecule has 3 heterocycles. The lowest BCUT2D eigenvalue weighted by atomic mass is 9.78. The molecule has 0 aromatic heterocycles. The van der Waals surface area contributed by atoms with Crippen LogP contribution in [0.15, 0.2) is 0 Å². The standard InChI is InChI=1S/C13H18N2O5/c16-7-14-3-5-15(6-4-14)12(17)10-8-1-2-9(20-8)11(10)13(18)19/h7-11H,1-6H2,(H,18,19)/t8-,9+,10-,11+/m0/s1. The summed E-state index contributed by atoms with van der Waals surface area (Å²) >= 11 is 0. The van der Waals surface area contributed by atoms with Crippen molar-refractivity contribution in [3.05, 3.63) is 0 Å². The Hall–Kier alpha value is -1.63. The molecule has 0 aromatic rings. The van der Waals surface area contributed by atoms with Crippen molar-refractivity contribution in [1.29, 1.82) is 0 Å². The van der Waals surface area contributed by atoms with Crippen LogP contribution in [0.2, 0.25) is 0 Å². The maximum atomic E-state index is 12.6. The van der Waals surface area contributed by atoms with E-state index in [1.807, 2.05) is 0 Å². The van der Waals surface area contributed by atoms with E-state index < -0.39 is 17.8 Å². The predicted octanol–water partition coefficient (Wildman–Crippen LogP) is -0.835. The van der Waals surface area contributed by atoms with Gasteiger partial charge in [0.15, 0.2) is 0 Å². The predicted molar refractivity (Wildman–Crippen MR) is 66.7 cm³/mol. The van der Waals surface area contributed by atoms with Crippen LogP contribution in [0, 0.1) is 11.8 Å². The molecule has 1 N–H and O–H groups in total. The lowest BCUT2D eigenvalue weighted by Gasteiger charge is -2.36. The van der Waals surface area contributed by atoms with Crippen molar-refractivity contribution in [1.82, 2.24) is 9.80 Å². The van der Waals surface area contributed by atoms with Crippen LogP contribution in [-0.4, -0.2) is 71.6 Å². The number of hydrogen-bond donors (Lipinski definition) is 1. The Kier molecular flexibility index (Phi) is 3.37. The van der Waals surface area contributed by atoms with E-state index in [4.69, 9.17) is 4.74 Å². The number of carboxylic acid groups (broad SMARTS) is 1. The van der Waals surface area contributed by atoms with Gasteiger partial charge in [-0.1, -0.05) is 0 Å². The number of ether oxygens (including phenoxy) is 1. The minimum Gasteiger partial charge on any atom is -0.481 e. The fourth-order valence-electron chi connectivity index (χ4n) is 3.56. The molecule has 0 saturated carbocycles. The largest absolute Gasteiger partial charge is 0.481 e. The van der Waals surface area contributed by atoms with Crippen molar-refractivity contribution in [3.63, 3.8) is 0 Å². The quantitative estimate of drug-likeness (QED) is 0.682. The van der Waals surface area contributed by atoms with Gasteiger partial charge in [0.05, 0.1) is 24.0 Å². The van der Waals surface area contributed by atoms with Gasteiger partial charge in [-0.15, -0.1) is 0 Å².